The first-order valence-electron chi connectivity index (χ1n) is 7.14. The molecule has 0 unspecified atom stereocenters. The average molecular weight is 305 g/mol. The van der Waals surface area contributed by atoms with Gasteiger partial charge < -0.3 is 19.1 Å². The Labute approximate surface area is 128 Å². The standard InChI is InChI=1S/C15H19N3O4/c1-3-17(4-2)13(19)10-22-12-6-5-7-18-9-11(8-14(20)21)16-15(12)18/h5-7,9H,3-4,8,10H2,1-2H3,(H,20,21). The molecule has 0 fully saturated rings. The smallest absolute Gasteiger partial charge is 0.309 e. The molecule has 0 bridgehead atoms. The Kier molecular flexibility index (Phi) is 4.98. The maximum absolute atomic E-state index is 12.0. The molecular formula is C15H19N3O4. The molecule has 2 heterocycles. The average Bonchev–Trinajstić information content (AvgIpc) is 2.88. The summed E-state index contributed by atoms with van der Waals surface area (Å²) in [5, 5.41) is 8.82. The number of likely N-dealkylation sites (N-methyl/N-ethyl adjacent to an activating group) is 1. The molecule has 22 heavy (non-hydrogen) atoms. The van der Waals surface area contributed by atoms with Gasteiger partial charge in [-0.25, -0.2) is 4.98 Å². The number of aromatic nitrogens is 2. The maximum atomic E-state index is 12.0. The van der Waals surface area contributed by atoms with Crippen LogP contribution >= 0.6 is 0 Å². The summed E-state index contributed by atoms with van der Waals surface area (Å²) in [5.74, 6) is -0.577. The monoisotopic (exact) mass is 305 g/mol. The Hall–Kier alpha value is -2.57. The Morgan fingerprint density at radius 1 is 1.36 bits per heavy atom. The number of carboxylic acids is 1. The van der Waals surface area contributed by atoms with Gasteiger partial charge in [-0.15, -0.1) is 0 Å². The lowest BCUT2D eigenvalue weighted by atomic mass is 10.3. The van der Waals surface area contributed by atoms with Gasteiger partial charge in [0.15, 0.2) is 18.0 Å². The largest absolute Gasteiger partial charge is 0.481 e. The molecule has 0 aromatic carbocycles. The molecule has 7 heteroatoms. The molecule has 0 aliphatic heterocycles. The van der Waals surface area contributed by atoms with Crippen molar-refractivity contribution in [3.05, 3.63) is 30.2 Å². The molecule has 1 amide bonds. The summed E-state index contributed by atoms with van der Waals surface area (Å²) in [6.45, 7) is 5.02. The minimum atomic E-state index is -0.942. The Morgan fingerprint density at radius 3 is 2.73 bits per heavy atom. The number of fused-ring (bicyclic) bond motifs is 1. The zero-order valence-corrected chi connectivity index (χ0v) is 12.7. The fourth-order valence-corrected chi connectivity index (χ4v) is 2.20. The van der Waals surface area contributed by atoms with E-state index in [-0.39, 0.29) is 18.9 Å². The quantitative estimate of drug-likeness (QED) is 0.831. The van der Waals surface area contributed by atoms with Gasteiger partial charge in [0.1, 0.15) is 0 Å². The van der Waals surface area contributed by atoms with E-state index < -0.39 is 5.97 Å². The van der Waals surface area contributed by atoms with E-state index in [4.69, 9.17) is 9.84 Å². The van der Waals surface area contributed by atoms with Crippen LogP contribution in [0, 0.1) is 0 Å². The number of hydrogen-bond donors (Lipinski definition) is 1. The van der Waals surface area contributed by atoms with Gasteiger partial charge in [0, 0.05) is 25.5 Å². The normalized spacial score (nSPS) is 10.6. The molecule has 0 radical (unpaired) electrons. The van der Waals surface area contributed by atoms with Gasteiger partial charge >= 0.3 is 5.97 Å². The van der Waals surface area contributed by atoms with Crippen molar-refractivity contribution >= 4 is 17.5 Å². The van der Waals surface area contributed by atoms with Crippen LogP contribution in [0.15, 0.2) is 24.5 Å². The van der Waals surface area contributed by atoms with Crippen LogP contribution in [0.1, 0.15) is 19.5 Å². The lowest BCUT2D eigenvalue weighted by Gasteiger charge is -2.18. The highest BCUT2D eigenvalue weighted by Gasteiger charge is 2.13. The minimum absolute atomic E-state index is 0.0670. The van der Waals surface area contributed by atoms with Crippen LogP contribution in [0.3, 0.4) is 0 Å². The highest BCUT2D eigenvalue weighted by atomic mass is 16.5. The van der Waals surface area contributed by atoms with Crippen LogP contribution in [0.4, 0.5) is 0 Å². The van der Waals surface area contributed by atoms with Crippen LogP contribution in [-0.2, 0) is 16.0 Å². The second-order valence-corrected chi connectivity index (χ2v) is 4.76. The van der Waals surface area contributed by atoms with Gasteiger partial charge in [-0.2, -0.15) is 0 Å². The van der Waals surface area contributed by atoms with Crippen molar-refractivity contribution < 1.29 is 19.4 Å². The number of carbonyl (C=O) groups is 2. The molecule has 0 aliphatic rings. The van der Waals surface area contributed by atoms with Gasteiger partial charge in [-0.05, 0) is 26.0 Å². The van der Waals surface area contributed by atoms with Crippen LogP contribution in [0.2, 0.25) is 0 Å². The maximum Gasteiger partial charge on any atom is 0.309 e. The van der Waals surface area contributed by atoms with Gasteiger partial charge in [-0.3, -0.25) is 9.59 Å². The molecule has 0 aliphatic carbocycles. The van der Waals surface area contributed by atoms with E-state index in [1.807, 2.05) is 13.8 Å². The number of imidazole rings is 1. The molecule has 0 atom stereocenters. The first kappa shape index (κ1) is 15.8. The van der Waals surface area contributed by atoms with E-state index in [1.165, 1.54) is 0 Å². The summed E-state index contributed by atoms with van der Waals surface area (Å²) in [4.78, 5) is 28.6. The molecule has 2 rings (SSSR count). The number of rotatable bonds is 7. The molecule has 0 spiro atoms. The first-order chi connectivity index (χ1) is 10.5. The molecule has 1 N–H and O–H groups in total. The van der Waals surface area contributed by atoms with Crippen molar-refractivity contribution in [3.8, 4) is 5.75 Å². The number of nitrogens with zero attached hydrogens (tertiary/aromatic N) is 3. The summed E-state index contributed by atoms with van der Waals surface area (Å²) in [6, 6.07) is 3.47. The lowest BCUT2D eigenvalue weighted by molar-refractivity contribution is -0.136. The highest BCUT2D eigenvalue weighted by Crippen LogP contribution is 2.19. The summed E-state index contributed by atoms with van der Waals surface area (Å²) in [7, 11) is 0. The molecule has 0 saturated heterocycles. The number of ether oxygens (including phenoxy) is 1. The molecule has 7 nitrogen and oxygen atoms in total. The molecule has 2 aromatic heterocycles. The number of pyridine rings is 1. The number of amides is 1. The first-order valence-corrected chi connectivity index (χ1v) is 7.14. The van der Waals surface area contributed by atoms with Crippen LogP contribution in [0.5, 0.6) is 5.75 Å². The van der Waals surface area contributed by atoms with Gasteiger partial charge in [-0.1, -0.05) is 0 Å². The third-order valence-corrected chi connectivity index (χ3v) is 3.30. The summed E-state index contributed by atoms with van der Waals surface area (Å²) in [6.07, 6.45) is 3.24. The molecule has 0 saturated carbocycles. The summed E-state index contributed by atoms with van der Waals surface area (Å²) >= 11 is 0. The third kappa shape index (κ3) is 3.55. The molecular weight excluding hydrogens is 286 g/mol. The highest BCUT2D eigenvalue weighted by molar-refractivity contribution is 5.78. The van der Waals surface area contributed by atoms with Crippen molar-refractivity contribution in [2.24, 2.45) is 0 Å². The second-order valence-electron chi connectivity index (χ2n) is 4.76. The summed E-state index contributed by atoms with van der Waals surface area (Å²) < 4.78 is 7.25. The van der Waals surface area contributed by atoms with E-state index >= 15 is 0 Å². The van der Waals surface area contributed by atoms with E-state index in [2.05, 4.69) is 4.98 Å². The number of hydrogen-bond acceptors (Lipinski definition) is 4. The molecule has 118 valence electrons. The minimum Gasteiger partial charge on any atom is -0.481 e. The van der Waals surface area contributed by atoms with Crippen molar-refractivity contribution in [3.63, 3.8) is 0 Å². The Balaban J connectivity index is 2.15. The van der Waals surface area contributed by atoms with Gasteiger partial charge in [0.25, 0.3) is 5.91 Å². The predicted octanol–water partition coefficient (Wildman–Crippen LogP) is 1.21. The molecule has 2 aromatic rings. The van der Waals surface area contributed by atoms with E-state index in [0.717, 1.165) is 0 Å². The number of carboxylic acid groups (broad SMARTS) is 1. The lowest BCUT2D eigenvalue weighted by Crippen LogP contribution is -2.34. The Morgan fingerprint density at radius 2 is 2.09 bits per heavy atom. The van der Waals surface area contributed by atoms with E-state index in [0.29, 0.717) is 30.2 Å². The second kappa shape index (κ2) is 6.93. The zero-order valence-electron chi connectivity index (χ0n) is 12.7. The van der Waals surface area contributed by atoms with Crippen molar-refractivity contribution in [1.82, 2.24) is 14.3 Å². The third-order valence-electron chi connectivity index (χ3n) is 3.30. The SMILES string of the molecule is CCN(CC)C(=O)COc1cccn2cc(CC(=O)O)nc12. The van der Waals surface area contributed by atoms with Crippen molar-refractivity contribution in [2.45, 2.75) is 20.3 Å². The Bertz CT molecular complexity index is 676. The zero-order chi connectivity index (χ0) is 16.1. The fraction of sp³-hybridized carbons (Fsp3) is 0.400. The topological polar surface area (TPSA) is 84.1 Å². The van der Waals surface area contributed by atoms with E-state index in [1.54, 1.807) is 33.8 Å². The fourth-order valence-electron chi connectivity index (χ4n) is 2.20. The van der Waals surface area contributed by atoms with Gasteiger partial charge in [0.2, 0.25) is 0 Å². The van der Waals surface area contributed by atoms with Crippen molar-refractivity contribution in [2.75, 3.05) is 19.7 Å². The van der Waals surface area contributed by atoms with Crippen LogP contribution in [0.25, 0.3) is 5.65 Å². The van der Waals surface area contributed by atoms with Gasteiger partial charge in [0.05, 0.1) is 12.1 Å². The number of aliphatic carboxylic acids is 1. The predicted molar refractivity (Wildman–Crippen MR) is 80.0 cm³/mol. The number of carbonyl (C=O) groups excluding carboxylic acids is 1. The van der Waals surface area contributed by atoms with Crippen LogP contribution in [-0.4, -0.2) is 51.0 Å². The van der Waals surface area contributed by atoms with Crippen molar-refractivity contribution in [1.29, 1.82) is 0 Å². The summed E-state index contributed by atoms with van der Waals surface area (Å²) in [5.41, 5.74) is 0.949. The van der Waals surface area contributed by atoms with E-state index in [9.17, 15) is 9.59 Å². The van der Waals surface area contributed by atoms with Crippen LogP contribution < -0.4 is 4.74 Å².